The summed E-state index contributed by atoms with van der Waals surface area (Å²) in [6.45, 7) is 12.4. The van der Waals surface area contributed by atoms with Crippen molar-refractivity contribution >= 4 is 11.9 Å². The molecule has 1 heterocycles. The first kappa shape index (κ1) is 18.0. The molecule has 1 unspecified atom stereocenters. The molecule has 0 bridgehead atoms. The van der Waals surface area contributed by atoms with Crippen LogP contribution >= 0.6 is 0 Å². The summed E-state index contributed by atoms with van der Waals surface area (Å²) < 4.78 is 0. The Bertz CT molecular complexity index is 355. The molecule has 1 atom stereocenters. The Morgan fingerprint density at radius 3 is 2.19 bits per heavy atom. The Morgan fingerprint density at radius 2 is 1.71 bits per heavy atom. The fourth-order valence-electron chi connectivity index (χ4n) is 3.02. The summed E-state index contributed by atoms with van der Waals surface area (Å²) in [4.78, 5) is 26.9. The highest BCUT2D eigenvalue weighted by molar-refractivity contribution is 5.76. The van der Waals surface area contributed by atoms with Crippen molar-refractivity contribution in [1.29, 1.82) is 0 Å². The van der Waals surface area contributed by atoms with Crippen molar-refractivity contribution in [1.82, 2.24) is 9.80 Å². The van der Waals surface area contributed by atoms with Crippen molar-refractivity contribution in [2.75, 3.05) is 32.7 Å². The van der Waals surface area contributed by atoms with Gasteiger partial charge in [-0.1, -0.05) is 27.7 Å². The highest BCUT2D eigenvalue weighted by Gasteiger charge is 2.24. The number of carbonyl (C=O) groups is 2. The molecule has 1 amide bonds. The largest absolute Gasteiger partial charge is 0.481 e. The van der Waals surface area contributed by atoms with Crippen molar-refractivity contribution in [2.45, 2.75) is 47.0 Å². The molecular weight excluding hydrogens is 268 g/mol. The van der Waals surface area contributed by atoms with E-state index in [9.17, 15) is 9.59 Å². The molecule has 1 aliphatic rings. The van der Waals surface area contributed by atoms with Gasteiger partial charge in [-0.05, 0) is 17.8 Å². The molecule has 1 fully saturated rings. The number of carboxylic acid groups (broad SMARTS) is 1. The van der Waals surface area contributed by atoms with Gasteiger partial charge in [-0.2, -0.15) is 0 Å². The van der Waals surface area contributed by atoms with Crippen LogP contribution in [0.2, 0.25) is 0 Å². The third-order valence-corrected chi connectivity index (χ3v) is 3.85. The molecular formula is C16H30N2O3. The number of nitrogens with zero attached hydrogens (tertiary/aromatic N) is 2. The minimum absolute atomic E-state index is 0.177. The van der Waals surface area contributed by atoms with E-state index in [2.05, 4.69) is 32.6 Å². The van der Waals surface area contributed by atoms with E-state index >= 15 is 0 Å². The van der Waals surface area contributed by atoms with E-state index in [1.807, 2.05) is 4.90 Å². The summed E-state index contributed by atoms with van der Waals surface area (Å²) >= 11 is 0. The molecule has 0 radical (unpaired) electrons. The first-order chi connectivity index (χ1) is 9.67. The summed E-state index contributed by atoms with van der Waals surface area (Å²) in [6, 6.07) is 0. The Labute approximate surface area is 128 Å². The van der Waals surface area contributed by atoms with Crippen LogP contribution in [0.15, 0.2) is 0 Å². The molecule has 21 heavy (non-hydrogen) atoms. The van der Waals surface area contributed by atoms with E-state index in [0.29, 0.717) is 18.9 Å². The summed E-state index contributed by atoms with van der Waals surface area (Å²) in [5.41, 5.74) is 0.259. The van der Waals surface area contributed by atoms with Crippen LogP contribution in [0.1, 0.15) is 47.0 Å². The summed E-state index contributed by atoms with van der Waals surface area (Å²) in [5.74, 6) is -0.114. The monoisotopic (exact) mass is 298 g/mol. The van der Waals surface area contributed by atoms with Crippen molar-refractivity contribution in [3.05, 3.63) is 0 Å². The van der Waals surface area contributed by atoms with E-state index in [0.717, 1.165) is 32.6 Å². The lowest BCUT2D eigenvalue weighted by Crippen LogP contribution is -2.49. The number of hydrogen-bond donors (Lipinski definition) is 1. The van der Waals surface area contributed by atoms with Gasteiger partial charge in [0.05, 0.1) is 6.42 Å². The maximum atomic E-state index is 12.3. The van der Waals surface area contributed by atoms with E-state index in [1.165, 1.54) is 0 Å². The van der Waals surface area contributed by atoms with E-state index in [-0.39, 0.29) is 17.7 Å². The van der Waals surface area contributed by atoms with Gasteiger partial charge in [0.15, 0.2) is 0 Å². The highest BCUT2D eigenvalue weighted by Crippen LogP contribution is 2.26. The van der Waals surface area contributed by atoms with Crippen LogP contribution in [-0.4, -0.2) is 59.5 Å². The van der Waals surface area contributed by atoms with Gasteiger partial charge in [0.2, 0.25) is 5.91 Å². The van der Waals surface area contributed by atoms with Gasteiger partial charge in [0.25, 0.3) is 0 Å². The lowest BCUT2D eigenvalue weighted by molar-refractivity contribution is -0.138. The topological polar surface area (TPSA) is 60.9 Å². The Kier molecular flexibility index (Phi) is 6.65. The van der Waals surface area contributed by atoms with Crippen molar-refractivity contribution in [3.63, 3.8) is 0 Å². The van der Waals surface area contributed by atoms with E-state index in [4.69, 9.17) is 5.11 Å². The number of piperazine rings is 1. The van der Waals surface area contributed by atoms with Crippen LogP contribution < -0.4 is 0 Å². The van der Waals surface area contributed by atoms with Crippen molar-refractivity contribution in [3.8, 4) is 0 Å². The molecule has 5 heteroatoms. The Hall–Kier alpha value is -1.10. The number of amides is 1. The summed E-state index contributed by atoms with van der Waals surface area (Å²) in [6.07, 6.45) is 1.85. The molecule has 0 aromatic rings. The quantitative estimate of drug-likeness (QED) is 0.815. The predicted octanol–water partition coefficient (Wildman–Crippen LogP) is 2.07. The Morgan fingerprint density at radius 1 is 1.14 bits per heavy atom. The zero-order valence-corrected chi connectivity index (χ0v) is 13.9. The smallest absolute Gasteiger partial charge is 0.304 e. The number of carboxylic acids is 1. The first-order valence-corrected chi connectivity index (χ1v) is 7.89. The summed E-state index contributed by atoms with van der Waals surface area (Å²) in [5, 5.41) is 8.69. The van der Waals surface area contributed by atoms with Crippen LogP contribution in [0.25, 0.3) is 0 Å². The fourth-order valence-corrected chi connectivity index (χ4v) is 3.02. The van der Waals surface area contributed by atoms with Gasteiger partial charge in [-0.25, -0.2) is 0 Å². The molecule has 0 spiro atoms. The molecule has 122 valence electrons. The second-order valence-corrected chi connectivity index (χ2v) is 7.44. The van der Waals surface area contributed by atoms with Crippen LogP contribution in [0.5, 0.6) is 0 Å². The van der Waals surface area contributed by atoms with Crippen LogP contribution in [0.4, 0.5) is 0 Å². The fraction of sp³-hybridized carbons (Fsp3) is 0.875. The van der Waals surface area contributed by atoms with E-state index in [1.54, 1.807) is 0 Å². The second-order valence-electron chi connectivity index (χ2n) is 7.44. The van der Waals surface area contributed by atoms with Gasteiger partial charge < -0.3 is 10.0 Å². The molecule has 0 saturated carbocycles. The van der Waals surface area contributed by atoms with Gasteiger partial charge in [-0.15, -0.1) is 0 Å². The maximum Gasteiger partial charge on any atom is 0.304 e. The highest BCUT2D eigenvalue weighted by atomic mass is 16.4. The SMILES string of the molecule is CC(CC(=O)N1CCN(CCC(=O)O)CC1)CC(C)(C)C. The molecule has 1 N–H and O–H groups in total. The van der Waals surface area contributed by atoms with Crippen molar-refractivity contribution < 1.29 is 14.7 Å². The zero-order valence-electron chi connectivity index (χ0n) is 13.9. The van der Waals surface area contributed by atoms with Gasteiger partial charge >= 0.3 is 5.97 Å². The molecule has 1 saturated heterocycles. The number of aliphatic carboxylic acids is 1. The average Bonchev–Trinajstić information content (AvgIpc) is 2.34. The van der Waals surface area contributed by atoms with Crippen LogP contribution in [-0.2, 0) is 9.59 Å². The minimum atomic E-state index is -0.760. The predicted molar refractivity (Wildman–Crippen MR) is 83.1 cm³/mol. The van der Waals surface area contributed by atoms with Crippen molar-refractivity contribution in [2.24, 2.45) is 11.3 Å². The molecule has 1 aliphatic heterocycles. The molecule has 1 rings (SSSR count). The van der Waals surface area contributed by atoms with Gasteiger partial charge in [0, 0.05) is 39.1 Å². The molecule has 0 aromatic heterocycles. The third-order valence-electron chi connectivity index (χ3n) is 3.85. The maximum absolute atomic E-state index is 12.3. The number of hydrogen-bond acceptors (Lipinski definition) is 3. The van der Waals surface area contributed by atoms with Crippen LogP contribution in [0, 0.1) is 11.3 Å². The Balaban J connectivity index is 2.30. The molecule has 0 aromatic carbocycles. The van der Waals surface area contributed by atoms with Crippen LogP contribution in [0.3, 0.4) is 0 Å². The lowest BCUT2D eigenvalue weighted by Gasteiger charge is -2.35. The number of carbonyl (C=O) groups excluding carboxylic acids is 1. The normalized spacial score (nSPS) is 18.6. The van der Waals surface area contributed by atoms with Gasteiger partial charge in [0.1, 0.15) is 0 Å². The third kappa shape index (κ3) is 7.46. The molecule has 0 aliphatic carbocycles. The van der Waals surface area contributed by atoms with E-state index < -0.39 is 5.97 Å². The standard InChI is InChI=1S/C16H30N2O3/c1-13(12-16(2,3)4)11-14(19)18-9-7-17(8-10-18)6-5-15(20)21/h13H,5-12H2,1-4H3,(H,20,21). The zero-order chi connectivity index (χ0) is 16.0. The first-order valence-electron chi connectivity index (χ1n) is 7.89. The summed E-state index contributed by atoms with van der Waals surface area (Å²) in [7, 11) is 0. The van der Waals surface area contributed by atoms with Gasteiger partial charge in [-0.3, -0.25) is 14.5 Å². The average molecular weight is 298 g/mol. The number of rotatable bonds is 6. The lowest BCUT2D eigenvalue weighted by atomic mass is 9.84. The molecule has 5 nitrogen and oxygen atoms in total. The second kappa shape index (κ2) is 7.78. The minimum Gasteiger partial charge on any atom is -0.481 e.